The van der Waals surface area contributed by atoms with Crippen molar-refractivity contribution in [1.82, 2.24) is 10.3 Å². The quantitative estimate of drug-likeness (QED) is 0.440. The van der Waals surface area contributed by atoms with E-state index in [-0.39, 0.29) is 11.9 Å². The molecule has 0 aliphatic heterocycles. The summed E-state index contributed by atoms with van der Waals surface area (Å²) in [6, 6.07) is 14.2. The van der Waals surface area contributed by atoms with Crippen molar-refractivity contribution in [3.63, 3.8) is 0 Å². The summed E-state index contributed by atoms with van der Waals surface area (Å²) in [6.07, 6.45) is 1.36. The normalized spacial score (nSPS) is 13.2. The van der Waals surface area contributed by atoms with E-state index in [1.54, 1.807) is 36.5 Å². The zero-order valence-electron chi connectivity index (χ0n) is 16.2. The lowest BCUT2D eigenvalue weighted by Crippen LogP contribution is -2.38. The fourth-order valence-corrected chi connectivity index (χ4v) is 3.13. The number of rotatable bonds is 9. The Morgan fingerprint density at radius 1 is 1.17 bits per heavy atom. The van der Waals surface area contributed by atoms with Gasteiger partial charge >= 0.3 is 0 Å². The number of carbonyl (C=O) groups is 1. The van der Waals surface area contributed by atoms with E-state index < -0.39 is 12.0 Å². The van der Waals surface area contributed by atoms with Crippen LogP contribution < -0.4 is 15.8 Å². The van der Waals surface area contributed by atoms with Crippen molar-refractivity contribution < 1.29 is 19.7 Å². The minimum absolute atomic E-state index is 0.0148. The molecule has 7 heteroatoms. The van der Waals surface area contributed by atoms with E-state index in [9.17, 15) is 15.0 Å². The van der Waals surface area contributed by atoms with Gasteiger partial charge in [0.05, 0.1) is 11.7 Å². The van der Waals surface area contributed by atoms with E-state index in [4.69, 9.17) is 10.5 Å². The van der Waals surface area contributed by atoms with Crippen LogP contribution in [-0.4, -0.2) is 46.4 Å². The SMILES string of the molecule is CC(COc1ccccc1C(N)=O)NCC(O)Cc1cnc(O)c2ccccc12. The number of primary amides is 1. The summed E-state index contributed by atoms with van der Waals surface area (Å²) in [4.78, 5) is 15.4. The van der Waals surface area contributed by atoms with Crippen molar-refractivity contribution in [3.8, 4) is 11.6 Å². The van der Waals surface area contributed by atoms with Gasteiger partial charge in [-0.15, -0.1) is 0 Å². The number of aliphatic hydroxyl groups excluding tert-OH is 1. The monoisotopic (exact) mass is 395 g/mol. The molecule has 0 fully saturated rings. The standard InChI is InChI=1S/C22H25N3O4/c1-14(13-29-20-9-5-4-8-19(20)21(23)27)24-12-16(26)10-15-11-25-22(28)18-7-3-2-6-17(15)18/h2-9,11,14,16,24,26H,10,12-13H2,1H3,(H2,23,27)(H,25,28). The summed E-state index contributed by atoms with van der Waals surface area (Å²) < 4.78 is 5.70. The van der Waals surface area contributed by atoms with Crippen LogP contribution in [-0.2, 0) is 6.42 Å². The first-order chi connectivity index (χ1) is 14.0. The lowest BCUT2D eigenvalue weighted by Gasteiger charge is -2.19. The lowest BCUT2D eigenvalue weighted by molar-refractivity contribution is 0.0995. The van der Waals surface area contributed by atoms with Gasteiger partial charge in [0.15, 0.2) is 0 Å². The number of carbonyl (C=O) groups excluding carboxylic acids is 1. The summed E-state index contributed by atoms with van der Waals surface area (Å²) in [5, 5.41) is 25.1. The molecule has 3 rings (SSSR count). The van der Waals surface area contributed by atoms with Crippen molar-refractivity contribution in [2.45, 2.75) is 25.5 Å². The summed E-state index contributed by atoms with van der Waals surface area (Å²) in [5.74, 6) is -0.110. The summed E-state index contributed by atoms with van der Waals surface area (Å²) >= 11 is 0. The van der Waals surface area contributed by atoms with Crippen LogP contribution in [0.3, 0.4) is 0 Å². The Morgan fingerprint density at radius 2 is 1.86 bits per heavy atom. The van der Waals surface area contributed by atoms with Gasteiger partial charge in [0.25, 0.3) is 5.91 Å². The maximum absolute atomic E-state index is 11.4. The Bertz CT molecular complexity index is 993. The van der Waals surface area contributed by atoms with Gasteiger partial charge < -0.3 is 26.0 Å². The highest BCUT2D eigenvalue weighted by Crippen LogP contribution is 2.25. The number of aliphatic hydroxyl groups is 1. The number of amides is 1. The molecule has 1 heterocycles. The van der Waals surface area contributed by atoms with E-state index >= 15 is 0 Å². The molecule has 7 nitrogen and oxygen atoms in total. The Kier molecular flexibility index (Phi) is 6.64. The molecule has 2 unspecified atom stereocenters. The number of para-hydroxylation sites is 1. The van der Waals surface area contributed by atoms with Crippen LogP contribution in [0.2, 0.25) is 0 Å². The number of ether oxygens (including phenoxy) is 1. The predicted octanol–water partition coefficient (Wildman–Crippen LogP) is 2.00. The molecule has 1 aromatic heterocycles. The van der Waals surface area contributed by atoms with Gasteiger partial charge in [-0.1, -0.05) is 30.3 Å². The van der Waals surface area contributed by atoms with Crippen LogP contribution in [0.25, 0.3) is 10.8 Å². The second-order valence-electron chi connectivity index (χ2n) is 6.99. The third-order valence-electron chi connectivity index (χ3n) is 4.66. The summed E-state index contributed by atoms with van der Waals surface area (Å²) in [7, 11) is 0. The molecule has 0 saturated carbocycles. The van der Waals surface area contributed by atoms with Crippen molar-refractivity contribution in [2.24, 2.45) is 5.73 Å². The summed E-state index contributed by atoms with van der Waals surface area (Å²) in [6.45, 7) is 2.61. The Morgan fingerprint density at radius 3 is 2.62 bits per heavy atom. The number of nitrogens with zero attached hydrogens (tertiary/aromatic N) is 1. The summed E-state index contributed by atoms with van der Waals surface area (Å²) in [5.41, 5.74) is 6.56. The first-order valence-electron chi connectivity index (χ1n) is 9.44. The fourth-order valence-electron chi connectivity index (χ4n) is 3.13. The number of nitrogens with one attached hydrogen (secondary N) is 1. The van der Waals surface area contributed by atoms with Gasteiger partial charge in [-0.05, 0) is 36.1 Å². The van der Waals surface area contributed by atoms with Crippen LogP contribution >= 0.6 is 0 Å². The molecule has 1 amide bonds. The number of hydrogen-bond acceptors (Lipinski definition) is 6. The maximum Gasteiger partial charge on any atom is 0.252 e. The van der Waals surface area contributed by atoms with Gasteiger partial charge in [-0.25, -0.2) is 4.98 Å². The van der Waals surface area contributed by atoms with Crippen LogP contribution in [0.15, 0.2) is 54.7 Å². The van der Waals surface area contributed by atoms with E-state index in [0.29, 0.717) is 36.3 Å². The van der Waals surface area contributed by atoms with Crippen LogP contribution in [0.1, 0.15) is 22.8 Å². The highest BCUT2D eigenvalue weighted by molar-refractivity contribution is 5.95. The van der Waals surface area contributed by atoms with Gasteiger partial charge in [0, 0.05) is 30.6 Å². The molecule has 0 saturated heterocycles. The zero-order chi connectivity index (χ0) is 20.8. The molecule has 0 spiro atoms. The van der Waals surface area contributed by atoms with Crippen molar-refractivity contribution in [1.29, 1.82) is 0 Å². The van der Waals surface area contributed by atoms with E-state index in [1.807, 2.05) is 25.1 Å². The molecular weight excluding hydrogens is 370 g/mol. The van der Waals surface area contributed by atoms with E-state index in [0.717, 1.165) is 10.9 Å². The molecule has 0 aliphatic rings. The van der Waals surface area contributed by atoms with E-state index in [1.165, 1.54) is 0 Å². The average Bonchev–Trinajstić information content (AvgIpc) is 2.73. The predicted molar refractivity (Wildman–Crippen MR) is 111 cm³/mol. The van der Waals surface area contributed by atoms with Gasteiger partial charge in [-0.3, -0.25) is 4.79 Å². The zero-order valence-corrected chi connectivity index (χ0v) is 16.2. The van der Waals surface area contributed by atoms with E-state index in [2.05, 4.69) is 10.3 Å². The maximum atomic E-state index is 11.4. The van der Waals surface area contributed by atoms with Crippen LogP contribution in [0, 0.1) is 0 Å². The third-order valence-corrected chi connectivity index (χ3v) is 4.66. The minimum atomic E-state index is -0.634. The molecule has 5 N–H and O–H groups in total. The van der Waals surface area contributed by atoms with Crippen molar-refractivity contribution >= 4 is 16.7 Å². The smallest absolute Gasteiger partial charge is 0.252 e. The number of benzene rings is 2. The second kappa shape index (κ2) is 9.36. The Labute approximate surface area is 169 Å². The number of nitrogens with two attached hydrogens (primary N) is 1. The average molecular weight is 395 g/mol. The number of aromatic nitrogens is 1. The molecule has 29 heavy (non-hydrogen) atoms. The van der Waals surface area contributed by atoms with Crippen LogP contribution in [0.5, 0.6) is 11.6 Å². The highest BCUT2D eigenvalue weighted by atomic mass is 16.5. The molecule has 0 aliphatic carbocycles. The van der Waals surface area contributed by atoms with Crippen molar-refractivity contribution in [3.05, 3.63) is 65.9 Å². The molecule has 0 radical (unpaired) electrons. The third kappa shape index (κ3) is 5.22. The minimum Gasteiger partial charge on any atom is -0.493 e. The number of aromatic hydroxyl groups is 1. The van der Waals surface area contributed by atoms with Gasteiger partial charge in [-0.2, -0.15) is 0 Å². The second-order valence-corrected chi connectivity index (χ2v) is 6.99. The molecule has 3 aromatic rings. The molecule has 2 aromatic carbocycles. The Balaban J connectivity index is 1.53. The Hall–Kier alpha value is -3.16. The lowest BCUT2D eigenvalue weighted by atomic mass is 10.0. The molecular formula is C22H25N3O4. The first-order valence-corrected chi connectivity index (χ1v) is 9.44. The van der Waals surface area contributed by atoms with Crippen LogP contribution in [0.4, 0.5) is 0 Å². The van der Waals surface area contributed by atoms with Crippen molar-refractivity contribution in [2.75, 3.05) is 13.2 Å². The largest absolute Gasteiger partial charge is 0.493 e. The molecule has 2 atom stereocenters. The number of pyridine rings is 1. The van der Waals surface area contributed by atoms with Gasteiger partial charge in [0.2, 0.25) is 5.88 Å². The topological polar surface area (TPSA) is 118 Å². The number of fused-ring (bicyclic) bond motifs is 1. The number of hydrogen-bond donors (Lipinski definition) is 4. The molecule has 152 valence electrons. The fraction of sp³-hybridized carbons (Fsp3) is 0.273. The van der Waals surface area contributed by atoms with Gasteiger partial charge in [0.1, 0.15) is 12.4 Å². The highest BCUT2D eigenvalue weighted by Gasteiger charge is 2.14. The first kappa shape index (κ1) is 20.6. The molecule has 0 bridgehead atoms.